The molecular weight excluding hydrogens is 378 g/mol. The van der Waals surface area contributed by atoms with E-state index in [4.69, 9.17) is 0 Å². The molecule has 0 bridgehead atoms. The number of anilines is 1. The lowest BCUT2D eigenvalue weighted by atomic mass is 9.86. The minimum absolute atomic E-state index is 0.0895. The lowest BCUT2D eigenvalue weighted by molar-refractivity contribution is 0.305. The lowest BCUT2D eigenvalue weighted by Crippen LogP contribution is -2.56. The first-order valence-corrected chi connectivity index (χ1v) is 11.0. The second-order valence-corrected chi connectivity index (χ2v) is 10.0. The molecule has 0 aromatic carbocycles. The summed E-state index contributed by atoms with van der Waals surface area (Å²) in [6.45, 7) is 2.80. The molecule has 0 radical (unpaired) electrons. The smallest absolute Gasteiger partial charge is 0.279 e. The number of nitrogens with zero attached hydrogens (tertiary/aromatic N) is 5. The molecule has 5 rings (SSSR count). The molecule has 0 amide bonds. The van der Waals surface area contributed by atoms with Gasteiger partial charge in [0.05, 0.1) is 16.9 Å². The van der Waals surface area contributed by atoms with E-state index in [0.29, 0.717) is 19.0 Å². The van der Waals surface area contributed by atoms with E-state index in [-0.39, 0.29) is 18.0 Å². The number of aromatic amines is 1. The maximum atomic E-state index is 12.7. The number of nitrogens with one attached hydrogen (secondary N) is 2. The van der Waals surface area contributed by atoms with Gasteiger partial charge in [-0.25, -0.2) is 9.97 Å². The van der Waals surface area contributed by atoms with Crippen molar-refractivity contribution in [1.29, 1.82) is 5.26 Å². The van der Waals surface area contributed by atoms with Crippen LogP contribution in [0.3, 0.4) is 0 Å². The Morgan fingerprint density at radius 1 is 1.43 bits per heavy atom. The molecule has 3 aliphatic rings. The summed E-state index contributed by atoms with van der Waals surface area (Å²) < 4.78 is 29.7. The van der Waals surface area contributed by atoms with Gasteiger partial charge in [0.25, 0.3) is 10.2 Å². The van der Waals surface area contributed by atoms with E-state index >= 15 is 0 Å². The van der Waals surface area contributed by atoms with Gasteiger partial charge in [-0.3, -0.25) is 0 Å². The fourth-order valence-electron chi connectivity index (χ4n) is 4.89. The monoisotopic (exact) mass is 401 g/mol. The van der Waals surface area contributed by atoms with Gasteiger partial charge in [-0.1, -0.05) is 6.92 Å². The summed E-state index contributed by atoms with van der Waals surface area (Å²) in [6, 6.07) is 4.43. The highest BCUT2D eigenvalue weighted by molar-refractivity contribution is 7.87. The van der Waals surface area contributed by atoms with Crippen LogP contribution in [-0.2, 0) is 10.2 Å². The molecule has 1 saturated heterocycles. The quantitative estimate of drug-likeness (QED) is 0.767. The van der Waals surface area contributed by atoms with E-state index < -0.39 is 15.6 Å². The SMILES string of the molecule is C[C@@H]1C2CN(S(=O)(=O)NC3CC(N(C)c4ncnc5[nH]ccc45)C3)C[C@@]21C#N. The van der Waals surface area contributed by atoms with Crippen molar-refractivity contribution in [2.24, 2.45) is 17.3 Å². The van der Waals surface area contributed by atoms with E-state index in [9.17, 15) is 13.7 Å². The Morgan fingerprint density at radius 3 is 2.93 bits per heavy atom. The highest BCUT2D eigenvalue weighted by Gasteiger charge is 2.69. The van der Waals surface area contributed by atoms with Crippen molar-refractivity contribution in [1.82, 2.24) is 24.0 Å². The minimum atomic E-state index is -3.55. The minimum Gasteiger partial charge on any atom is -0.356 e. The van der Waals surface area contributed by atoms with E-state index in [0.717, 1.165) is 29.7 Å². The molecule has 9 nitrogen and oxygen atoms in total. The number of rotatable bonds is 5. The number of fused-ring (bicyclic) bond motifs is 2. The Morgan fingerprint density at radius 2 is 2.21 bits per heavy atom. The largest absolute Gasteiger partial charge is 0.356 e. The summed E-state index contributed by atoms with van der Waals surface area (Å²) in [4.78, 5) is 13.8. The summed E-state index contributed by atoms with van der Waals surface area (Å²) in [5.41, 5.74) is 0.327. The average molecular weight is 401 g/mol. The number of piperidine rings is 1. The summed E-state index contributed by atoms with van der Waals surface area (Å²) in [5.74, 6) is 1.32. The Kier molecular flexibility index (Phi) is 3.75. The molecule has 0 spiro atoms. The number of hydrogen-bond acceptors (Lipinski definition) is 6. The average Bonchev–Trinajstić information content (AvgIpc) is 3.07. The highest BCUT2D eigenvalue weighted by Crippen LogP contribution is 2.62. The third-order valence-electron chi connectivity index (χ3n) is 7.00. The van der Waals surface area contributed by atoms with Crippen molar-refractivity contribution >= 4 is 27.1 Å². The summed E-state index contributed by atoms with van der Waals surface area (Å²) in [7, 11) is -1.57. The third-order valence-corrected chi connectivity index (χ3v) is 8.59. The second kappa shape index (κ2) is 5.89. The molecule has 3 fully saturated rings. The number of aromatic nitrogens is 3. The van der Waals surface area contributed by atoms with Crippen molar-refractivity contribution in [3.63, 3.8) is 0 Å². The molecule has 2 aliphatic carbocycles. The second-order valence-electron chi connectivity index (χ2n) is 8.33. The molecule has 10 heteroatoms. The van der Waals surface area contributed by atoms with Crippen LogP contribution in [0.25, 0.3) is 11.0 Å². The van der Waals surface area contributed by atoms with Gasteiger partial charge in [0.2, 0.25) is 0 Å². The molecule has 2 aromatic heterocycles. The topological polar surface area (TPSA) is 118 Å². The number of H-pyrrole nitrogens is 1. The van der Waals surface area contributed by atoms with Gasteiger partial charge in [-0.2, -0.15) is 22.7 Å². The van der Waals surface area contributed by atoms with Crippen molar-refractivity contribution in [3.05, 3.63) is 18.6 Å². The predicted molar refractivity (Wildman–Crippen MR) is 103 cm³/mol. The predicted octanol–water partition coefficient (Wildman–Crippen LogP) is 0.851. The molecule has 1 aliphatic heterocycles. The first kappa shape index (κ1) is 17.8. The Bertz CT molecular complexity index is 1070. The van der Waals surface area contributed by atoms with E-state index in [2.05, 4.69) is 30.6 Å². The van der Waals surface area contributed by atoms with Crippen LogP contribution in [0, 0.1) is 28.6 Å². The summed E-state index contributed by atoms with van der Waals surface area (Å²) in [6.07, 6.45) is 4.82. The number of nitriles is 1. The molecule has 3 heterocycles. The zero-order valence-electron chi connectivity index (χ0n) is 15.8. The Balaban J connectivity index is 1.21. The zero-order chi connectivity index (χ0) is 19.7. The maximum Gasteiger partial charge on any atom is 0.279 e. The first-order chi connectivity index (χ1) is 13.4. The van der Waals surface area contributed by atoms with Crippen molar-refractivity contribution in [2.75, 3.05) is 25.0 Å². The normalized spacial score (nSPS) is 34.6. The van der Waals surface area contributed by atoms with Crippen molar-refractivity contribution in [2.45, 2.75) is 31.8 Å². The molecule has 28 heavy (non-hydrogen) atoms. The Labute approximate surface area is 163 Å². The van der Waals surface area contributed by atoms with Gasteiger partial charge < -0.3 is 9.88 Å². The van der Waals surface area contributed by atoms with Crippen LogP contribution in [0.4, 0.5) is 5.82 Å². The van der Waals surface area contributed by atoms with Gasteiger partial charge >= 0.3 is 0 Å². The molecule has 1 unspecified atom stereocenters. The van der Waals surface area contributed by atoms with Crippen LogP contribution in [0.15, 0.2) is 18.6 Å². The number of hydrogen-bond donors (Lipinski definition) is 2. The zero-order valence-corrected chi connectivity index (χ0v) is 16.6. The lowest BCUT2D eigenvalue weighted by Gasteiger charge is -2.42. The highest BCUT2D eigenvalue weighted by atomic mass is 32.2. The molecule has 3 atom stereocenters. The van der Waals surface area contributed by atoms with Gasteiger partial charge in [-0.05, 0) is 30.7 Å². The van der Waals surface area contributed by atoms with Crippen LogP contribution in [0.2, 0.25) is 0 Å². The van der Waals surface area contributed by atoms with Gasteiger partial charge in [-0.15, -0.1) is 0 Å². The molecule has 2 saturated carbocycles. The van der Waals surface area contributed by atoms with Gasteiger partial charge in [0.15, 0.2) is 0 Å². The summed E-state index contributed by atoms with van der Waals surface area (Å²) in [5, 5.41) is 10.4. The third kappa shape index (κ3) is 2.46. The fourth-order valence-corrected chi connectivity index (χ4v) is 6.39. The van der Waals surface area contributed by atoms with E-state index in [1.54, 1.807) is 0 Å². The first-order valence-electron chi connectivity index (χ1n) is 9.55. The Hall–Kier alpha value is -2.22. The van der Waals surface area contributed by atoms with E-state index in [1.807, 2.05) is 26.2 Å². The van der Waals surface area contributed by atoms with Crippen LogP contribution >= 0.6 is 0 Å². The summed E-state index contributed by atoms with van der Waals surface area (Å²) >= 11 is 0. The molecule has 2 aromatic rings. The molecule has 2 N–H and O–H groups in total. The van der Waals surface area contributed by atoms with Crippen LogP contribution in [-0.4, -0.2) is 59.9 Å². The van der Waals surface area contributed by atoms with Gasteiger partial charge in [0, 0.05) is 38.4 Å². The van der Waals surface area contributed by atoms with Crippen molar-refractivity contribution < 1.29 is 8.42 Å². The van der Waals surface area contributed by atoms with Crippen molar-refractivity contribution in [3.8, 4) is 6.07 Å². The standard InChI is InChI=1S/C18H23N7O2S/c1-11-15-7-25(9-18(11,15)8-19)28(26,27)23-12-5-13(6-12)24(2)17-14-3-4-20-16(14)21-10-22-17/h3-4,10-13,15,23H,5-7,9H2,1-2H3,(H,20,21,22)/t11-,12?,13?,15?,18-/m1/s1. The maximum absolute atomic E-state index is 12.7. The van der Waals surface area contributed by atoms with Gasteiger partial charge in [0.1, 0.15) is 17.8 Å². The molecular formula is C18H23N7O2S. The van der Waals surface area contributed by atoms with Crippen LogP contribution in [0.5, 0.6) is 0 Å². The van der Waals surface area contributed by atoms with E-state index in [1.165, 1.54) is 10.6 Å². The molecule has 148 valence electrons. The van der Waals surface area contributed by atoms with Crippen LogP contribution < -0.4 is 9.62 Å². The fraction of sp³-hybridized carbons (Fsp3) is 0.611. The van der Waals surface area contributed by atoms with Crippen LogP contribution in [0.1, 0.15) is 19.8 Å².